The summed E-state index contributed by atoms with van der Waals surface area (Å²) < 4.78 is 12.4. The van der Waals surface area contributed by atoms with Gasteiger partial charge in [-0.05, 0) is 6.92 Å². The van der Waals surface area contributed by atoms with Gasteiger partial charge in [-0.25, -0.2) is 4.98 Å². The highest BCUT2D eigenvalue weighted by molar-refractivity contribution is 7.09. The second-order valence-corrected chi connectivity index (χ2v) is 7.78. The molecular formula is C15H23N5OS. The van der Waals surface area contributed by atoms with Gasteiger partial charge in [0, 0.05) is 42.3 Å². The Hall–Kier alpha value is -1.47. The summed E-state index contributed by atoms with van der Waals surface area (Å²) in [7, 11) is 1.92. The summed E-state index contributed by atoms with van der Waals surface area (Å²) in [6, 6.07) is 0. The van der Waals surface area contributed by atoms with Crippen molar-refractivity contribution in [1.29, 1.82) is 0 Å². The Bertz CT molecular complexity index is 659. The zero-order valence-corrected chi connectivity index (χ0v) is 14.6. The first kappa shape index (κ1) is 15.4. The Labute approximate surface area is 135 Å². The molecule has 6 nitrogen and oxygen atoms in total. The molecule has 0 aromatic carbocycles. The van der Waals surface area contributed by atoms with Gasteiger partial charge in [-0.2, -0.15) is 9.47 Å². The fraction of sp³-hybridized carbons (Fsp3) is 0.667. The van der Waals surface area contributed by atoms with Crippen molar-refractivity contribution in [3.63, 3.8) is 0 Å². The van der Waals surface area contributed by atoms with Crippen molar-refractivity contribution in [2.45, 2.75) is 38.7 Å². The second kappa shape index (κ2) is 5.31. The molecule has 1 aliphatic rings. The van der Waals surface area contributed by atoms with Crippen LogP contribution in [0.4, 0.5) is 5.13 Å². The van der Waals surface area contributed by atoms with E-state index < -0.39 is 0 Å². The SMILES string of the molecule is Cn1cc(C2(C)CN(c3nc(C(C)(C)C)ns3)CCO2)cn1. The zero-order chi connectivity index (χ0) is 16.0. The van der Waals surface area contributed by atoms with Crippen LogP contribution in [0.25, 0.3) is 0 Å². The number of hydrogen-bond acceptors (Lipinski definition) is 6. The minimum absolute atomic E-state index is 0.0201. The van der Waals surface area contributed by atoms with Crippen LogP contribution in [0.3, 0.4) is 0 Å². The summed E-state index contributed by atoms with van der Waals surface area (Å²) in [4.78, 5) is 6.99. The molecule has 0 saturated carbocycles. The van der Waals surface area contributed by atoms with Crippen molar-refractivity contribution < 1.29 is 4.74 Å². The van der Waals surface area contributed by atoms with Crippen LogP contribution in [0.15, 0.2) is 12.4 Å². The lowest BCUT2D eigenvalue weighted by molar-refractivity contribution is -0.0466. The van der Waals surface area contributed by atoms with Gasteiger partial charge in [0.25, 0.3) is 0 Å². The summed E-state index contributed by atoms with van der Waals surface area (Å²) >= 11 is 1.47. The average Bonchev–Trinajstić information content (AvgIpc) is 3.06. The Kier molecular flexibility index (Phi) is 3.72. The normalized spacial score (nSPS) is 23.0. The highest BCUT2D eigenvalue weighted by Crippen LogP contribution is 2.33. The Morgan fingerprint density at radius 3 is 2.73 bits per heavy atom. The summed E-state index contributed by atoms with van der Waals surface area (Å²) in [5.41, 5.74) is 0.716. The van der Waals surface area contributed by atoms with Crippen LogP contribution >= 0.6 is 11.5 Å². The monoisotopic (exact) mass is 321 g/mol. The van der Waals surface area contributed by atoms with Crippen molar-refractivity contribution in [3.05, 3.63) is 23.8 Å². The van der Waals surface area contributed by atoms with Crippen molar-refractivity contribution in [3.8, 4) is 0 Å². The van der Waals surface area contributed by atoms with Crippen LogP contribution in [0.2, 0.25) is 0 Å². The lowest BCUT2D eigenvalue weighted by atomic mass is 9.96. The van der Waals surface area contributed by atoms with Crippen molar-refractivity contribution in [1.82, 2.24) is 19.1 Å². The molecule has 22 heavy (non-hydrogen) atoms. The molecule has 1 atom stereocenters. The molecule has 3 rings (SSSR count). The van der Waals surface area contributed by atoms with Gasteiger partial charge in [-0.15, -0.1) is 0 Å². The molecule has 7 heteroatoms. The van der Waals surface area contributed by atoms with Crippen LogP contribution in [0.1, 0.15) is 39.1 Å². The van der Waals surface area contributed by atoms with Crippen LogP contribution in [0.5, 0.6) is 0 Å². The largest absolute Gasteiger partial charge is 0.367 e. The van der Waals surface area contributed by atoms with Gasteiger partial charge < -0.3 is 9.64 Å². The molecule has 2 aromatic rings. The number of ether oxygens (including phenoxy) is 1. The molecule has 1 unspecified atom stereocenters. The van der Waals surface area contributed by atoms with E-state index >= 15 is 0 Å². The quantitative estimate of drug-likeness (QED) is 0.849. The zero-order valence-electron chi connectivity index (χ0n) is 13.8. The molecule has 3 heterocycles. The topological polar surface area (TPSA) is 56.1 Å². The first-order valence-corrected chi connectivity index (χ1v) is 8.27. The number of hydrogen-bond donors (Lipinski definition) is 0. The smallest absolute Gasteiger partial charge is 0.205 e. The highest BCUT2D eigenvalue weighted by atomic mass is 32.1. The number of anilines is 1. The number of nitrogens with zero attached hydrogens (tertiary/aromatic N) is 5. The van der Waals surface area contributed by atoms with Gasteiger partial charge >= 0.3 is 0 Å². The maximum atomic E-state index is 6.05. The van der Waals surface area contributed by atoms with E-state index in [-0.39, 0.29) is 11.0 Å². The maximum Gasteiger partial charge on any atom is 0.205 e. The summed E-state index contributed by atoms with van der Waals surface area (Å²) in [6.07, 6.45) is 3.90. The van der Waals surface area contributed by atoms with E-state index in [0.29, 0.717) is 6.61 Å². The van der Waals surface area contributed by atoms with E-state index in [9.17, 15) is 0 Å². The van der Waals surface area contributed by atoms with Crippen LogP contribution in [-0.2, 0) is 22.8 Å². The average molecular weight is 321 g/mol. The Morgan fingerprint density at radius 2 is 2.14 bits per heavy atom. The van der Waals surface area contributed by atoms with Crippen LogP contribution in [0, 0.1) is 0 Å². The molecule has 0 amide bonds. The second-order valence-electron chi connectivity index (χ2n) is 7.05. The third kappa shape index (κ3) is 2.87. The standard InChI is InChI=1S/C15H23N5OS/c1-14(2,3)12-17-13(22-18-12)20-6-7-21-15(4,10-20)11-8-16-19(5)9-11/h8-9H,6-7,10H2,1-5H3. The van der Waals surface area contributed by atoms with Gasteiger partial charge in [0.15, 0.2) is 0 Å². The molecule has 0 spiro atoms. The van der Waals surface area contributed by atoms with E-state index in [1.807, 2.05) is 24.1 Å². The lowest BCUT2D eigenvalue weighted by Crippen LogP contribution is -2.48. The summed E-state index contributed by atoms with van der Waals surface area (Å²) in [5.74, 6) is 0.905. The molecule has 1 fully saturated rings. The third-order valence-corrected chi connectivity index (χ3v) is 4.72. The molecule has 1 saturated heterocycles. The lowest BCUT2D eigenvalue weighted by Gasteiger charge is -2.39. The van der Waals surface area contributed by atoms with Crippen molar-refractivity contribution in [2.24, 2.45) is 7.05 Å². The molecule has 0 bridgehead atoms. The van der Waals surface area contributed by atoms with E-state index in [1.54, 1.807) is 0 Å². The molecule has 0 radical (unpaired) electrons. The van der Waals surface area contributed by atoms with E-state index in [0.717, 1.165) is 29.6 Å². The van der Waals surface area contributed by atoms with Gasteiger partial charge in [-0.1, -0.05) is 20.8 Å². The van der Waals surface area contributed by atoms with Gasteiger partial charge in [0.1, 0.15) is 11.4 Å². The minimum atomic E-state index is -0.361. The van der Waals surface area contributed by atoms with E-state index in [2.05, 4.69) is 42.1 Å². The van der Waals surface area contributed by atoms with Crippen molar-refractivity contribution in [2.75, 3.05) is 24.6 Å². The molecule has 0 aliphatic carbocycles. The Morgan fingerprint density at radius 1 is 1.36 bits per heavy atom. The number of aryl methyl sites for hydroxylation is 1. The molecule has 2 aromatic heterocycles. The molecule has 120 valence electrons. The predicted molar refractivity (Wildman–Crippen MR) is 87.3 cm³/mol. The summed E-state index contributed by atoms with van der Waals surface area (Å²) in [6.45, 7) is 10.8. The third-order valence-electron chi connectivity index (χ3n) is 3.95. The fourth-order valence-corrected chi connectivity index (χ4v) is 3.43. The van der Waals surface area contributed by atoms with E-state index in [1.165, 1.54) is 11.5 Å². The number of aromatic nitrogens is 4. The first-order chi connectivity index (χ1) is 10.3. The first-order valence-electron chi connectivity index (χ1n) is 7.50. The molecule has 1 aliphatic heterocycles. The van der Waals surface area contributed by atoms with Crippen LogP contribution < -0.4 is 4.90 Å². The van der Waals surface area contributed by atoms with Crippen LogP contribution in [-0.4, -0.2) is 38.8 Å². The minimum Gasteiger partial charge on any atom is -0.367 e. The molecule has 0 N–H and O–H groups in total. The van der Waals surface area contributed by atoms with Gasteiger partial charge in [0.05, 0.1) is 19.3 Å². The summed E-state index contributed by atoms with van der Waals surface area (Å²) in [5, 5.41) is 5.24. The number of rotatable bonds is 2. The highest BCUT2D eigenvalue weighted by Gasteiger charge is 2.36. The van der Waals surface area contributed by atoms with Gasteiger partial charge in [0.2, 0.25) is 5.13 Å². The van der Waals surface area contributed by atoms with E-state index in [4.69, 9.17) is 9.72 Å². The van der Waals surface area contributed by atoms with Crippen molar-refractivity contribution >= 4 is 16.7 Å². The predicted octanol–water partition coefficient (Wildman–Crippen LogP) is 2.32. The number of morpholine rings is 1. The fourth-order valence-electron chi connectivity index (χ4n) is 2.55. The Balaban J connectivity index is 1.82. The maximum absolute atomic E-state index is 6.05. The molecular weight excluding hydrogens is 298 g/mol. The van der Waals surface area contributed by atoms with Gasteiger partial charge in [-0.3, -0.25) is 4.68 Å².